The van der Waals surface area contributed by atoms with Gasteiger partial charge in [-0.05, 0) is 66.6 Å². The number of cyclic esters (lactones) is 1. The van der Waals surface area contributed by atoms with Crippen LogP contribution in [0.5, 0.6) is 0 Å². The number of anilines is 2. The summed E-state index contributed by atoms with van der Waals surface area (Å²) in [5, 5.41) is 5.49. The van der Waals surface area contributed by atoms with Crippen molar-refractivity contribution < 1.29 is 27.9 Å². The van der Waals surface area contributed by atoms with Gasteiger partial charge in [0.2, 0.25) is 0 Å². The number of hydrogen-bond donors (Lipinski definition) is 2. The summed E-state index contributed by atoms with van der Waals surface area (Å²) in [5.41, 5.74) is 3.37. The van der Waals surface area contributed by atoms with Gasteiger partial charge in [-0.2, -0.15) is 0 Å². The van der Waals surface area contributed by atoms with Crippen molar-refractivity contribution in [2.24, 2.45) is 0 Å². The molecular formula is C29H24FN3O5. The lowest BCUT2D eigenvalue weighted by atomic mass is 10.00. The van der Waals surface area contributed by atoms with Crippen molar-refractivity contribution in [3.05, 3.63) is 119 Å². The third-order valence-electron chi connectivity index (χ3n) is 6.18. The zero-order valence-electron chi connectivity index (χ0n) is 20.4. The van der Waals surface area contributed by atoms with Crippen LogP contribution in [0.25, 0.3) is 0 Å². The molecule has 4 aromatic rings. The van der Waals surface area contributed by atoms with Crippen molar-refractivity contribution in [3.8, 4) is 0 Å². The van der Waals surface area contributed by atoms with Crippen molar-refractivity contribution >= 4 is 29.3 Å². The number of amides is 3. The van der Waals surface area contributed by atoms with Gasteiger partial charge in [-0.15, -0.1) is 0 Å². The normalized spacial score (nSPS) is 16.7. The molecule has 38 heavy (non-hydrogen) atoms. The van der Waals surface area contributed by atoms with Gasteiger partial charge in [0.1, 0.15) is 5.82 Å². The van der Waals surface area contributed by atoms with Crippen LogP contribution in [-0.2, 0) is 16.1 Å². The highest BCUT2D eigenvalue weighted by Crippen LogP contribution is 2.35. The lowest BCUT2D eigenvalue weighted by Gasteiger charge is -2.24. The average molecular weight is 514 g/mol. The van der Waals surface area contributed by atoms with Crippen LogP contribution in [-0.4, -0.2) is 28.8 Å². The van der Waals surface area contributed by atoms with Crippen LogP contribution >= 0.6 is 0 Å². The molecule has 3 amide bonds. The number of ether oxygens (including phenoxy) is 1. The van der Waals surface area contributed by atoms with E-state index in [2.05, 4.69) is 10.6 Å². The summed E-state index contributed by atoms with van der Waals surface area (Å²) in [6.45, 7) is 2.12. The first-order chi connectivity index (χ1) is 18.4. The van der Waals surface area contributed by atoms with Crippen molar-refractivity contribution in [1.29, 1.82) is 0 Å². The monoisotopic (exact) mass is 513 g/mol. The number of aryl methyl sites for hydroxylation is 1. The quantitative estimate of drug-likeness (QED) is 0.331. The van der Waals surface area contributed by atoms with E-state index in [9.17, 15) is 18.8 Å². The molecule has 0 bridgehead atoms. The molecule has 8 nitrogen and oxygen atoms in total. The molecule has 2 atom stereocenters. The fourth-order valence-electron chi connectivity index (χ4n) is 4.21. The highest BCUT2D eigenvalue weighted by molar-refractivity contribution is 6.02. The summed E-state index contributed by atoms with van der Waals surface area (Å²) in [6, 6.07) is 21.8. The Morgan fingerprint density at radius 1 is 0.895 bits per heavy atom. The molecule has 5 rings (SSSR count). The second kappa shape index (κ2) is 10.6. The van der Waals surface area contributed by atoms with E-state index in [1.54, 1.807) is 36.4 Å². The highest BCUT2D eigenvalue weighted by atomic mass is 19.1. The number of rotatable bonds is 7. The maximum atomic E-state index is 13.5. The van der Waals surface area contributed by atoms with Crippen molar-refractivity contribution in [2.45, 2.75) is 25.6 Å². The van der Waals surface area contributed by atoms with E-state index in [0.717, 1.165) is 11.1 Å². The molecule has 3 aromatic carbocycles. The molecular weight excluding hydrogens is 489 g/mol. The van der Waals surface area contributed by atoms with Crippen LogP contribution in [0.4, 0.5) is 20.6 Å². The fraction of sp³-hybridized carbons (Fsp3) is 0.138. The van der Waals surface area contributed by atoms with Gasteiger partial charge < -0.3 is 19.8 Å². The van der Waals surface area contributed by atoms with Gasteiger partial charge in [-0.25, -0.2) is 9.18 Å². The molecule has 0 aliphatic carbocycles. The minimum absolute atomic E-state index is 0.161. The smallest absolute Gasteiger partial charge is 0.411 e. The van der Waals surface area contributed by atoms with Gasteiger partial charge >= 0.3 is 6.09 Å². The Bertz CT molecular complexity index is 1440. The number of halogens is 1. The van der Waals surface area contributed by atoms with Crippen LogP contribution in [0.2, 0.25) is 0 Å². The molecule has 1 saturated heterocycles. The van der Waals surface area contributed by atoms with E-state index >= 15 is 0 Å². The fourth-order valence-corrected chi connectivity index (χ4v) is 4.21. The van der Waals surface area contributed by atoms with Crippen LogP contribution in [0.15, 0.2) is 95.6 Å². The Labute approximate surface area is 218 Å². The zero-order valence-corrected chi connectivity index (χ0v) is 20.4. The van der Waals surface area contributed by atoms with E-state index in [-0.39, 0.29) is 12.3 Å². The predicted octanol–water partition coefficient (Wildman–Crippen LogP) is 5.68. The third kappa shape index (κ3) is 5.41. The second-order valence-corrected chi connectivity index (χ2v) is 8.91. The van der Waals surface area contributed by atoms with Gasteiger partial charge in [0.15, 0.2) is 17.9 Å². The summed E-state index contributed by atoms with van der Waals surface area (Å²) in [4.78, 5) is 40.1. The summed E-state index contributed by atoms with van der Waals surface area (Å²) in [7, 11) is 0. The van der Waals surface area contributed by atoms with Crippen LogP contribution in [0, 0.1) is 12.7 Å². The Morgan fingerprint density at radius 3 is 2.21 bits per heavy atom. The van der Waals surface area contributed by atoms with Crippen LogP contribution in [0.3, 0.4) is 0 Å². The van der Waals surface area contributed by atoms with E-state index in [1.165, 1.54) is 35.4 Å². The molecule has 2 N–H and O–H groups in total. The first-order valence-electron chi connectivity index (χ1n) is 11.9. The largest absolute Gasteiger partial charge is 0.459 e. The standard InChI is InChI=1S/C29H24FN3O5/c1-18-4-6-19(7-5-18)17-33-25(28(35)32-23-14-10-21(30)11-15-23)26(38-29(33)36)20-8-12-22(13-9-20)31-27(34)24-3-2-16-37-24/h2-16,25-26H,17H2,1H3,(H,31,34)(H,32,35)/t25-,26-/m1/s1. The first-order valence-corrected chi connectivity index (χ1v) is 11.9. The lowest BCUT2D eigenvalue weighted by molar-refractivity contribution is -0.121. The van der Waals surface area contributed by atoms with E-state index in [0.29, 0.717) is 16.9 Å². The topological polar surface area (TPSA) is 101 Å². The van der Waals surface area contributed by atoms with Crippen molar-refractivity contribution in [2.75, 3.05) is 10.6 Å². The summed E-state index contributed by atoms with van der Waals surface area (Å²) in [6.07, 6.45) is -0.139. The molecule has 1 aliphatic heterocycles. The minimum Gasteiger partial charge on any atom is -0.459 e. The van der Waals surface area contributed by atoms with Crippen molar-refractivity contribution in [1.82, 2.24) is 4.90 Å². The Balaban J connectivity index is 1.40. The maximum absolute atomic E-state index is 13.5. The van der Waals surface area contributed by atoms with Gasteiger partial charge in [0, 0.05) is 11.4 Å². The summed E-state index contributed by atoms with van der Waals surface area (Å²) in [5.74, 6) is -1.14. The third-order valence-corrected chi connectivity index (χ3v) is 6.18. The first kappa shape index (κ1) is 24.8. The molecule has 1 aliphatic rings. The molecule has 9 heteroatoms. The second-order valence-electron chi connectivity index (χ2n) is 8.91. The van der Waals surface area contributed by atoms with Crippen LogP contribution < -0.4 is 10.6 Å². The molecule has 0 saturated carbocycles. The SMILES string of the molecule is Cc1ccc(CN2C(=O)O[C@H](c3ccc(NC(=O)c4ccco4)cc3)[C@@H]2C(=O)Nc2ccc(F)cc2)cc1. The maximum Gasteiger partial charge on any atom is 0.411 e. The number of furan rings is 1. The van der Waals surface area contributed by atoms with E-state index in [4.69, 9.17) is 9.15 Å². The van der Waals surface area contributed by atoms with Crippen molar-refractivity contribution in [3.63, 3.8) is 0 Å². The molecule has 0 radical (unpaired) electrons. The Morgan fingerprint density at radius 2 is 1.55 bits per heavy atom. The summed E-state index contributed by atoms with van der Waals surface area (Å²) >= 11 is 0. The average Bonchev–Trinajstić information content (AvgIpc) is 3.56. The summed E-state index contributed by atoms with van der Waals surface area (Å²) < 4.78 is 24.2. The van der Waals surface area contributed by atoms with Crippen LogP contribution in [0.1, 0.15) is 33.3 Å². The number of carbonyl (C=O) groups is 3. The molecule has 192 valence electrons. The Hall–Kier alpha value is -4.92. The molecule has 1 fully saturated rings. The number of benzene rings is 3. The van der Waals surface area contributed by atoms with Gasteiger partial charge in [0.25, 0.3) is 11.8 Å². The highest BCUT2D eigenvalue weighted by Gasteiger charge is 2.47. The number of hydrogen-bond acceptors (Lipinski definition) is 5. The van der Waals surface area contributed by atoms with Gasteiger partial charge in [-0.3, -0.25) is 14.5 Å². The van der Waals surface area contributed by atoms with E-state index in [1.807, 2.05) is 31.2 Å². The Kier molecular flexibility index (Phi) is 6.90. The molecule has 0 unspecified atom stereocenters. The lowest BCUT2D eigenvalue weighted by Crippen LogP contribution is -2.43. The molecule has 0 spiro atoms. The molecule has 1 aromatic heterocycles. The van der Waals surface area contributed by atoms with E-state index < -0.39 is 35.9 Å². The zero-order chi connectivity index (χ0) is 26.6. The predicted molar refractivity (Wildman–Crippen MR) is 138 cm³/mol. The minimum atomic E-state index is -1.00. The van der Waals surface area contributed by atoms with Gasteiger partial charge in [-0.1, -0.05) is 42.0 Å². The number of carbonyl (C=O) groups excluding carboxylic acids is 3. The van der Waals surface area contributed by atoms with Gasteiger partial charge in [0.05, 0.1) is 12.8 Å². The number of nitrogens with one attached hydrogen (secondary N) is 2. The number of nitrogens with zero attached hydrogens (tertiary/aromatic N) is 1. The molecule has 2 heterocycles.